The van der Waals surface area contributed by atoms with Gasteiger partial charge < -0.3 is 5.11 Å². The number of hydrogen-bond acceptors (Lipinski definition) is 3. The Balaban J connectivity index is 2.37. The van der Waals surface area contributed by atoms with Gasteiger partial charge in [-0.15, -0.1) is 5.10 Å². The van der Waals surface area contributed by atoms with Gasteiger partial charge in [-0.2, -0.15) is 0 Å². The number of hydrogen-bond donors (Lipinski definition) is 1. The van der Waals surface area contributed by atoms with E-state index in [0.29, 0.717) is 0 Å². The third kappa shape index (κ3) is 2.99. The van der Waals surface area contributed by atoms with Crippen molar-refractivity contribution in [1.82, 2.24) is 15.0 Å². The Kier molecular flexibility index (Phi) is 3.50. The SMILES string of the molecule is CCCn1nncc1C1(O)CC(C)(C)CC(C)(C)C1. The average molecular weight is 265 g/mol. The first-order valence-electron chi connectivity index (χ1n) is 7.29. The molecule has 1 fully saturated rings. The lowest BCUT2D eigenvalue weighted by molar-refractivity contribution is -0.0964. The van der Waals surface area contributed by atoms with Gasteiger partial charge in [-0.1, -0.05) is 39.8 Å². The minimum atomic E-state index is -0.802. The number of nitrogens with zero attached hydrogens (tertiary/aromatic N) is 3. The lowest BCUT2D eigenvalue weighted by atomic mass is 9.59. The van der Waals surface area contributed by atoms with Crippen LogP contribution in [0.5, 0.6) is 0 Å². The van der Waals surface area contributed by atoms with E-state index in [4.69, 9.17) is 0 Å². The van der Waals surface area contributed by atoms with Gasteiger partial charge in [0.2, 0.25) is 0 Å². The first-order chi connectivity index (χ1) is 8.68. The predicted octanol–water partition coefficient (Wildman–Crippen LogP) is 3.11. The second-order valence-electron chi connectivity index (χ2n) is 7.73. The van der Waals surface area contributed by atoms with Crippen molar-refractivity contribution in [2.45, 2.75) is 72.4 Å². The molecule has 19 heavy (non-hydrogen) atoms. The monoisotopic (exact) mass is 265 g/mol. The van der Waals surface area contributed by atoms with Crippen molar-refractivity contribution < 1.29 is 5.11 Å². The molecule has 1 N–H and O–H groups in total. The predicted molar refractivity (Wildman–Crippen MR) is 75.6 cm³/mol. The van der Waals surface area contributed by atoms with E-state index < -0.39 is 5.60 Å². The standard InChI is InChI=1S/C15H27N3O/c1-6-7-18-12(8-16-17-18)15(19)10-13(2,3)9-14(4,5)11-15/h8,19H,6-7,9-11H2,1-5H3. The molecule has 1 heterocycles. The molecular weight excluding hydrogens is 238 g/mol. The first kappa shape index (κ1) is 14.5. The minimum Gasteiger partial charge on any atom is -0.383 e. The summed E-state index contributed by atoms with van der Waals surface area (Å²) in [5.74, 6) is 0. The van der Waals surface area contributed by atoms with Gasteiger partial charge in [-0.25, -0.2) is 4.68 Å². The lowest BCUT2D eigenvalue weighted by Crippen LogP contribution is -2.45. The summed E-state index contributed by atoms with van der Waals surface area (Å²) >= 11 is 0. The smallest absolute Gasteiger partial charge is 0.109 e. The van der Waals surface area contributed by atoms with Gasteiger partial charge in [-0.3, -0.25) is 0 Å². The summed E-state index contributed by atoms with van der Waals surface area (Å²) in [7, 11) is 0. The second-order valence-corrected chi connectivity index (χ2v) is 7.73. The zero-order valence-electron chi connectivity index (χ0n) is 12.9. The fraction of sp³-hybridized carbons (Fsp3) is 0.867. The highest BCUT2D eigenvalue weighted by Crippen LogP contribution is 2.53. The molecule has 0 amide bonds. The van der Waals surface area contributed by atoms with Crippen molar-refractivity contribution in [3.63, 3.8) is 0 Å². The van der Waals surface area contributed by atoms with Gasteiger partial charge in [0, 0.05) is 6.54 Å². The molecule has 2 rings (SSSR count). The van der Waals surface area contributed by atoms with E-state index in [1.54, 1.807) is 6.20 Å². The highest BCUT2D eigenvalue weighted by Gasteiger charge is 2.48. The van der Waals surface area contributed by atoms with Gasteiger partial charge in [-0.05, 0) is 36.5 Å². The van der Waals surface area contributed by atoms with Crippen molar-refractivity contribution in [1.29, 1.82) is 0 Å². The quantitative estimate of drug-likeness (QED) is 0.913. The molecule has 0 unspecified atom stereocenters. The number of aliphatic hydroxyl groups is 1. The molecule has 1 aromatic rings. The molecule has 108 valence electrons. The molecule has 1 aromatic heterocycles. The van der Waals surface area contributed by atoms with Gasteiger partial charge in [0.05, 0.1) is 11.9 Å². The molecule has 0 atom stereocenters. The summed E-state index contributed by atoms with van der Waals surface area (Å²) in [6.07, 6.45) is 5.44. The third-order valence-corrected chi connectivity index (χ3v) is 4.03. The molecular formula is C15H27N3O. The van der Waals surface area contributed by atoms with Gasteiger partial charge in [0.25, 0.3) is 0 Å². The maximum atomic E-state index is 11.2. The van der Waals surface area contributed by atoms with Crippen molar-refractivity contribution in [3.8, 4) is 0 Å². The summed E-state index contributed by atoms with van der Waals surface area (Å²) in [4.78, 5) is 0. The van der Waals surface area contributed by atoms with Crippen LogP contribution in [0.1, 0.15) is 66.0 Å². The molecule has 4 nitrogen and oxygen atoms in total. The van der Waals surface area contributed by atoms with Crippen LogP contribution in [0.4, 0.5) is 0 Å². The Morgan fingerprint density at radius 1 is 1.16 bits per heavy atom. The van der Waals surface area contributed by atoms with Crippen LogP contribution in [0.2, 0.25) is 0 Å². The normalized spacial score (nSPS) is 24.3. The van der Waals surface area contributed by atoms with Crippen molar-refractivity contribution in [2.24, 2.45) is 10.8 Å². The van der Waals surface area contributed by atoms with E-state index >= 15 is 0 Å². The molecule has 4 heteroatoms. The van der Waals surface area contributed by atoms with E-state index in [2.05, 4.69) is 44.9 Å². The van der Waals surface area contributed by atoms with Crippen LogP contribution < -0.4 is 0 Å². The molecule has 0 aliphatic heterocycles. The van der Waals surface area contributed by atoms with Crippen LogP contribution in [0.15, 0.2) is 6.20 Å². The van der Waals surface area contributed by atoms with Crippen molar-refractivity contribution in [3.05, 3.63) is 11.9 Å². The van der Waals surface area contributed by atoms with Crippen LogP contribution >= 0.6 is 0 Å². The Morgan fingerprint density at radius 2 is 1.74 bits per heavy atom. The van der Waals surface area contributed by atoms with Gasteiger partial charge >= 0.3 is 0 Å². The van der Waals surface area contributed by atoms with E-state index in [1.165, 1.54) is 0 Å². The van der Waals surface area contributed by atoms with E-state index in [9.17, 15) is 5.11 Å². The van der Waals surface area contributed by atoms with Crippen molar-refractivity contribution >= 4 is 0 Å². The number of aromatic nitrogens is 3. The van der Waals surface area contributed by atoms with Crippen LogP contribution in [-0.2, 0) is 12.1 Å². The van der Waals surface area contributed by atoms with E-state index in [-0.39, 0.29) is 10.8 Å². The molecule has 0 radical (unpaired) electrons. The second kappa shape index (κ2) is 4.58. The Morgan fingerprint density at radius 3 is 2.26 bits per heavy atom. The largest absolute Gasteiger partial charge is 0.383 e. The number of rotatable bonds is 3. The minimum absolute atomic E-state index is 0.137. The topological polar surface area (TPSA) is 50.9 Å². The molecule has 1 aliphatic rings. The fourth-order valence-corrected chi connectivity index (χ4v) is 4.24. The molecule has 0 bridgehead atoms. The van der Waals surface area contributed by atoms with Crippen molar-refractivity contribution in [2.75, 3.05) is 0 Å². The van der Waals surface area contributed by atoms with Gasteiger partial charge in [0.15, 0.2) is 0 Å². The van der Waals surface area contributed by atoms with E-state index in [0.717, 1.165) is 37.9 Å². The van der Waals surface area contributed by atoms with Crippen LogP contribution in [0.3, 0.4) is 0 Å². The summed E-state index contributed by atoms with van der Waals surface area (Å²) in [6, 6.07) is 0. The first-order valence-corrected chi connectivity index (χ1v) is 7.29. The zero-order chi connectivity index (χ0) is 14.3. The zero-order valence-corrected chi connectivity index (χ0v) is 12.9. The summed E-state index contributed by atoms with van der Waals surface area (Å²) in [5.41, 5.74) is 0.356. The third-order valence-electron chi connectivity index (χ3n) is 4.03. The molecule has 0 saturated heterocycles. The van der Waals surface area contributed by atoms with Gasteiger partial charge in [0.1, 0.15) is 5.60 Å². The number of aryl methyl sites for hydroxylation is 1. The Hall–Kier alpha value is -0.900. The highest BCUT2D eigenvalue weighted by molar-refractivity contribution is 5.13. The highest BCUT2D eigenvalue weighted by atomic mass is 16.3. The summed E-state index contributed by atoms with van der Waals surface area (Å²) in [6.45, 7) is 11.9. The Labute approximate surface area is 116 Å². The average Bonchev–Trinajstić information content (AvgIpc) is 2.60. The molecule has 0 aromatic carbocycles. The fourth-order valence-electron chi connectivity index (χ4n) is 4.24. The molecule has 0 spiro atoms. The maximum absolute atomic E-state index is 11.2. The van der Waals surface area contributed by atoms with Crippen LogP contribution in [0, 0.1) is 10.8 Å². The van der Waals surface area contributed by atoms with E-state index in [1.807, 2.05) is 4.68 Å². The summed E-state index contributed by atoms with van der Waals surface area (Å²) < 4.78 is 1.87. The Bertz CT molecular complexity index is 432. The van der Waals surface area contributed by atoms with Crippen LogP contribution in [-0.4, -0.2) is 20.1 Å². The van der Waals surface area contributed by atoms with Crippen LogP contribution in [0.25, 0.3) is 0 Å². The maximum Gasteiger partial charge on any atom is 0.109 e. The molecule has 1 saturated carbocycles. The molecule has 1 aliphatic carbocycles. The lowest BCUT2D eigenvalue weighted by Gasteiger charge is -2.49. The summed E-state index contributed by atoms with van der Waals surface area (Å²) in [5, 5.41) is 19.3.